The number of carbonyl (C=O) groups is 1. The Hall–Kier alpha value is -2.82. The highest BCUT2D eigenvalue weighted by atomic mass is 32.2. The van der Waals surface area contributed by atoms with Gasteiger partial charge in [-0.15, -0.1) is 0 Å². The van der Waals surface area contributed by atoms with Crippen molar-refractivity contribution in [2.75, 3.05) is 19.3 Å². The van der Waals surface area contributed by atoms with Crippen LogP contribution < -0.4 is 0 Å². The molecule has 0 radical (unpaired) electrons. The molecule has 1 amide bonds. The first kappa shape index (κ1) is 18.5. The Bertz CT molecular complexity index is 1130. The molecule has 0 spiro atoms. The Labute approximate surface area is 162 Å². The van der Waals surface area contributed by atoms with Crippen LogP contribution >= 0.6 is 0 Å². The Balaban J connectivity index is 1.70. The molecule has 11 heteroatoms. The molecule has 148 valence electrons. The normalized spacial score (nSPS) is 17.9. The lowest BCUT2D eigenvalue weighted by Gasteiger charge is -2.33. The largest absolute Gasteiger partial charge is 0.338 e. The average Bonchev–Trinajstić information content (AvgIpc) is 3.35. The van der Waals surface area contributed by atoms with Crippen LogP contribution in [0.5, 0.6) is 0 Å². The lowest BCUT2D eigenvalue weighted by Crippen LogP contribution is -2.40. The highest BCUT2D eigenvalue weighted by Gasteiger charge is 2.31. The molecule has 0 unspecified atom stereocenters. The third-order valence-electron chi connectivity index (χ3n) is 5.01. The molecule has 3 aromatic heterocycles. The summed E-state index contributed by atoms with van der Waals surface area (Å²) in [5, 5.41) is 8.34. The summed E-state index contributed by atoms with van der Waals surface area (Å²) in [5.74, 6) is 0.0557. The third-order valence-corrected chi connectivity index (χ3v) is 6.12. The van der Waals surface area contributed by atoms with E-state index >= 15 is 0 Å². The lowest BCUT2D eigenvalue weighted by atomic mass is 9.94. The van der Waals surface area contributed by atoms with Gasteiger partial charge in [0.2, 0.25) is 0 Å². The topological polar surface area (TPSA) is 115 Å². The maximum Gasteiger partial charge on any atom is 0.257 e. The number of sulfone groups is 1. The molecule has 4 rings (SSSR count). The number of fused-ring (bicyclic) bond motifs is 1. The second-order valence-electron chi connectivity index (χ2n) is 6.93. The Morgan fingerprint density at radius 1 is 1.25 bits per heavy atom. The molecule has 1 saturated heterocycles. The lowest BCUT2D eigenvalue weighted by molar-refractivity contribution is 0.0704. The molecule has 1 fully saturated rings. The molecular weight excluding hydrogens is 382 g/mol. The van der Waals surface area contributed by atoms with E-state index in [-0.39, 0.29) is 16.7 Å². The van der Waals surface area contributed by atoms with Gasteiger partial charge in [0.1, 0.15) is 11.2 Å². The quantitative estimate of drug-likeness (QED) is 0.632. The summed E-state index contributed by atoms with van der Waals surface area (Å²) < 4.78 is 27.9. The van der Waals surface area contributed by atoms with Crippen LogP contribution in [0.4, 0.5) is 0 Å². The smallest absolute Gasteiger partial charge is 0.257 e. The predicted octanol–water partition coefficient (Wildman–Crippen LogP) is 0.764. The summed E-state index contributed by atoms with van der Waals surface area (Å²) in [6.07, 6.45) is 8.65. The van der Waals surface area contributed by atoms with Crippen molar-refractivity contribution in [1.29, 1.82) is 0 Å². The summed E-state index contributed by atoms with van der Waals surface area (Å²) >= 11 is 0. The third kappa shape index (κ3) is 3.26. The van der Waals surface area contributed by atoms with E-state index in [1.165, 1.54) is 17.0 Å². The number of carbonyl (C=O) groups excluding carboxylic acids is 1. The van der Waals surface area contributed by atoms with Crippen LogP contribution in [-0.4, -0.2) is 67.9 Å². The molecule has 3 aromatic rings. The number of nitrogens with zero attached hydrogens (tertiary/aromatic N) is 7. The monoisotopic (exact) mass is 403 g/mol. The fourth-order valence-electron chi connectivity index (χ4n) is 3.65. The van der Waals surface area contributed by atoms with Crippen molar-refractivity contribution in [2.24, 2.45) is 0 Å². The van der Waals surface area contributed by atoms with Gasteiger partial charge in [-0.25, -0.2) is 13.4 Å². The van der Waals surface area contributed by atoms with Crippen molar-refractivity contribution >= 4 is 21.5 Å². The minimum absolute atomic E-state index is 0.103. The van der Waals surface area contributed by atoms with Gasteiger partial charge in [-0.2, -0.15) is 19.7 Å². The first-order valence-corrected chi connectivity index (χ1v) is 11.0. The number of aryl methyl sites for hydroxylation is 1. The van der Waals surface area contributed by atoms with Crippen LogP contribution in [0.15, 0.2) is 29.8 Å². The van der Waals surface area contributed by atoms with Crippen LogP contribution in [-0.2, 0) is 16.4 Å². The van der Waals surface area contributed by atoms with Gasteiger partial charge in [0, 0.05) is 38.0 Å². The molecule has 0 saturated carbocycles. The van der Waals surface area contributed by atoms with Gasteiger partial charge in [0.25, 0.3) is 11.7 Å². The van der Waals surface area contributed by atoms with E-state index in [9.17, 15) is 13.2 Å². The fourth-order valence-corrected chi connectivity index (χ4v) is 4.53. The fraction of sp³-hybridized carbons (Fsp3) is 0.471. The van der Waals surface area contributed by atoms with Gasteiger partial charge in [-0.3, -0.25) is 9.48 Å². The number of likely N-dealkylation sites (tertiary alicyclic amines) is 1. The molecule has 28 heavy (non-hydrogen) atoms. The van der Waals surface area contributed by atoms with Crippen molar-refractivity contribution in [3.05, 3.63) is 36.2 Å². The van der Waals surface area contributed by atoms with E-state index in [1.54, 1.807) is 22.0 Å². The standard InChI is InChI=1S/C17H21N7O3S/c1-3-23-10-13(7-20-23)16(25)22-6-4-5-12(9-22)15-14(28(2,26)27)8-18-17-19-11-21-24(15)17/h7-8,10-12H,3-6,9H2,1-2H3/t12-/m0/s1. The van der Waals surface area contributed by atoms with E-state index in [4.69, 9.17) is 0 Å². The average molecular weight is 403 g/mol. The maximum absolute atomic E-state index is 12.9. The van der Waals surface area contributed by atoms with Gasteiger partial charge in [-0.1, -0.05) is 0 Å². The number of piperidine rings is 1. The molecule has 0 bridgehead atoms. The zero-order chi connectivity index (χ0) is 19.9. The Morgan fingerprint density at radius 2 is 2.07 bits per heavy atom. The Kier molecular flexibility index (Phi) is 4.61. The summed E-state index contributed by atoms with van der Waals surface area (Å²) in [7, 11) is -3.51. The van der Waals surface area contributed by atoms with Gasteiger partial charge in [0.05, 0.1) is 23.7 Å². The minimum atomic E-state index is -3.51. The van der Waals surface area contributed by atoms with Crippen LogP contribution in [0.25, 0.3) is 5.78 Å². The van der Waals surface area contributed by atoms with Crippen molar-refractivity contribution in [2.45, 2.75) is 37.1 Å². The molecule has 0 aromatic carbocycles. The SMILES string of the molecule is CCn1cc(C(=O)N2CCC[C@H](c3c(S(C)(=O)=O)cnc4ncnn34)C2)cn1. The zero-order valence-electron chi connectivity index (χ0n) is 15.7. The van der Waals surface area contributed by atoms with Crippen molar-refractivity contribution < 1.29 is 13.2 Å². The van der Waals surface area contributed by atoms with Crippen LogP contribution in [0.1, 0.15) is 41.7 Å². The summed E-state index contributed by atoms with van der Waals surface area (Å²) in [6, 6.07) is 0. The molecule has 0 aliphatic carbocycles. The van der Waals surface area contributed by atoms with Gasteiger partial charge in [0.15, 0.2) is 9.84 Å². The molecule has 0 N–H and O–H groups in total. The van der Waals surface area contributed by atoms with Gasteiger partial charge < -0.3 is 4.90 Å². The number of hydrogen-bond donors (Lipinski definition) is 0. The van der Waals surface area contributed by atoms with Crippen molar-refractivity contribution in [3.8, 4) is 0 Å². The van der Waals surface area contributed by atoms with Gasteiger partial charge >= 0.3 is 0 Å². The molecule has 10 nitrogen and oxygen atoms in total. The van der Waals surface area contributed by atoms with Crippen molar-refractivity contribution in [1.82, 2.24) is 34.3 Å². The zero-order valence-corrected chi connectivity index (χ0v) is 16.5. The van der Waals surface area contributed by atoms with E-state index in [0.717, 1.165) is 19.1 Å². The van der Waals surface area contributed by atoms with E-state index in [2.05, 4.69) is 20.2 Å². The summed E-state index contributed by atoms with van der Waals surface area (Å²) in [4.78, 5) is 22.9. The number of hydrogen-bond acceptors (Lipinski definition) is 7. The second kappa shape index (κ2) is 6.97. The first-order chi connectivity index (χ1) is 13.4. The van der Waals surface area contributed by atoms with Crippen LogP contribution in [0.2, 0.25) is 0 Å². The highest BCUT2D eigenvalue weighted by Crippen LogP contribution is 2.31. The van der Waals surface area contributed by atoms with Crippen molar-refractivity contribution in [3.63, 3.8) is 0 Å². The second-order valence-corrected chi connectivity index (χ2v) is 8.91. The van der Waals surface area contributed by atoms with Crippen LogP contribution in [0, 0.1) is 0 Å². The molecule has 4 heterocycles. The highest BCUT2D eigenvalue weighted by molar-refractivity contribution is 7.90. The molecular formula is C17H21N7O3S. The first-order valence-electron chi connectivity index (χ1n) is 9.09. The maximum atomic E-state index is 12.9. The van der Waals surface area contributed by atoms with E-state index in [0.29, 0.717) is 36.7 Å². The Morgan fingerprint density at radius 3 is 2.79 bits per heavy atom. The van der Waals surface area contributed by atoms with E-state index < -0.39 is 9.84 Å². The summed E-state index contributed by atoms with van der Waals surface area (Å²) in [6.45, 7) is 3.66. The molecule has 1 aliphatic heterocycles. The summed E-state index contributed by atoms with van der Waals surface area (Å²) in [5.41, 5.74) is 1.07. The number of aromatic nitrogens is 6. The molecule has 1 aliphatic rings. The minimum Gasteiger partial charge on any atom is -0.338 e. The van der Waals surface area contributed by atoms with Gasteiger partial charge in [-0.05, 0) is 19.8 Å². The number of rotatable bonds is 4. The van der Waals surface area contributed by atoms with Crippen LogP contribution in [0.3, 0.4) is 0 Å². The predicted molar refractivity (Wildman–Crippen MR) is 99.7 cm³/mol. The van der Waals surface area contributed by atoms with E-state index in [1.807, 2.05) is 6.92 Å². The molecule has 1 atom stereocenters. The number of amides is 1.